The number of hydrogen-bond acceptors (Lipinski definition) is 5. The summed E-state index contributed by atoms with van der Waals surface area (Å²) < 4.78 is 10.5. The van der Waals surface area contributed by atoms with Gasteiger partial charge in [-0.05, 0) is 68.7 Å². The van der Waals surface area contributed by atoms with E-state index in [9.17, 15) is 14.4 Å². The van der Waals surface area contributed by atoms with E-state index in [-0.39, 0.29) is 24.7 Å². The monoisotopic (exact) mass is 383 g/mol. The molecule has 6 heteroatoms. The highest BCUT2D eigenvalue weighted by Gasteiger charge is 2.10. The molecule has 6 nitrogen and oxygen atoms in total. The fourth-order valence-electron chi connectivity index (χ4n) is 2.48. The summed E-state index contributed by atoms with van der Waals surface area (Å²) in [5.41, 5.74) is 3.39. The minimum atomic E-state index is -0.452. The van der Waals surface area contributed by atoms with Crippen molar-refractivity contribution in [3.05, 3.63) is 59.2 Å². The van der Waals surface area contributed by atoms with Crippen LogP contribution in [-0.4, -0.2) is 30.9 Å². The van der Waals surface area contributed by atoms with Gasteiger partial charge in [0.05, 0.1) is 6.61 Å². The first-order chi connectivity index (χ1) is 13.4. The molecule has 0 atom stereocenters. The number of hydrogen-bond donors (Lipinski definition) is 1. The lowest BCUT2D eigenvalue weighted by Gasteiger charge is -2.10. The van der Waals surface area contributed by atoms with Gasteiger partial charge >= 0.3 is 5.97 Å². The second-order valence-corrected chi connectivity index (χ2v) is 6.49. The van der Waals surface area contributed by atoms with E-state index in [4.69, 9.17) is 9.47 Å². The Labute approximate surface area is 164 Å². The van der Waals surface area contributed by atoms with E-state index in [1.807, 2.05) is 32.0 Å². The van der Waals surface area contributed by atoms with Crippen LogP contribution in [0.1, 0.15) is 41.3 Å². The van der Waals surface area contributed by atoms with Crippen molar-refractivity contribution >= 4 is 23.3 Å². The number of esters is 1. The van der Waals surface area contributed by atoms with E-state index in [1.54, 1.807) is 24.3 Å². The average molecular weight is 383 g/mol. The lowest BCUT2D eigenvalue weighted by Crippen LogP contribution is -2.21. The average Bonchev–Trinajstić information content (AvgIpc) is 2.67. The van der Waals surface area contributed by atoms with Gasteiger partial charge in [-0.25, -0.2) is 0 Å². The number of anilines is 1. The highest BCUT2D eigenvalue weighted by molar-refractivity contribution is 5.94. The molecule has 28 heavy (non-hydrogen) atoms. The predicted octanol–water partition coefficient (Wildman–Crippen LogP) is 3.85. The van der Waals surface area contributed by atoms with Gasteiger partial charge in [-0.3, -0.25) is 14.4 Å². The molecular weight excluding hydrogens is 358 g/mol. The van der Waals surface area contributed by atoms with Crippen LogP contribution in [0.5, 0.6) is 5.75 Å². The number of benzene rings is 2. The van der Waals surface area contributed by atoms with E-state index < -0.39 is 5.97 Å². The minimum absolute atomic E-state index is 0.00380. The Hall–Kier alpha value is -3.15. The van der Waals surface area contributed by atoms with E-state index >= 15 is 0 Å². The Morgan fingerprint density at radius 1 is 1.00 bits per heavy atom. The zero-order valence-electron chi connectivity index (χ0n) is 16.4. The van der Waals surface area contributed by atoms with Crippen LogP contribution in [0.4, 0.5) is 5.69 Å². The van der Waals surface area contributed by atoms with Crippen molar-refractivity contribution in [2.24, 2.45) is 0 Å². The van der Waals surface area contributed by atoms with Gasteiger partial charge in [0.15, 0.2) is 12.4 Å². The van der Waals surface area contributed by atoms with Crippen LogP contribution in [-0.2, 0) is 14.3 Å². The maximum atomic E-state index is 11.9. The molecule has 2 rings (SSSR count). The van der Waals surface area contributed by atoms with Gasteiger partial charge < -0.3 is 14.8 Å². The highest BCUT2D eigenvalue weighted by atomic mass is 16.5. The third kappa shape index (κ3) is 6.54. The molecule has 0 spiro atoms. The molecule has 2 aromatic carbocycles. The number of amides is 1. The molecule has 0 bridgehead atoms. The number of nitrogens with one attached hydrogen (secondary N) is 1. The Balaban J connectivity index is 1.65. The number of Topliss-reactive ketones (excluding diaryl/α,β-unsaturated/α-hetero) is 1. The van der Waals surface area contributed by atoms with Crippen molar-refractivity contribution < 1.29 is 23.9 Å². The highest BCUT2D eigenvalue weighted by Crippen LogP contribution is 2.17. The maximum absolute atomic E-state index is 11.9. The van der Waals surface area contributed by atoms with Gasteiger partial charge in [-0.1, -0.05) is 12.1 Å². The predicted molar refractivity (Wildman–Crippen MR) is 107 cm³/mol. The Morgan fingerprint density at radius 3 is 2.39 bits per heavy atom. The smallest absolute Gasteiger partial charge is 0.306 e. The topological polar surface area (TPSA) is 81.7 Å². The van der Waals surface area contributed by atoms with Crippen molar-refractivity contribution in [1.29, 1.82) is 0 Å². The zero-order valence-corrected chi connectivity index (χ0v) is 16.4. The molecule has 1 amide bonds. The summed E-state index contributed by atoms with van der Waals surface area (Å²) in [5.74, 6) is -0.197. The first kappa shape index (κ1) is 21.2. The van der Waals surface area contributed by atoms with E-state index in [2.05, 4.69) is 5.32 Å². The van der Waals surface area contributed by atoms with Crippen molar-refractivity contribution in [3.8, 4) is 5.75 Å². The number of ketones is 1. The van der Waals surface area contributed by atoms with Crippen LogP contribution in [0.3, 0.4) is 0 Å². The summed E-state index contributed by atoms with van der Waals surface area (Å²) in [7, 11) is 0. The van der Waals surface area contributed by atoms with Gasteiger partial charge in [0, 0.05) is 17.7 Å². The van der Waals surface area contributed by atoms with Crippen LogP contribution >= 0.6 is 0 Å². The standard InChI is InChI=1S/C22H25NO5/c1-15-6-4-7-20(16(15)2)23-21(25)14-28-22(26)8-5-13-27-19-11-9-18(10-12-19)17(3)24/h4,6-7,9-12H,5,8,13-14H2,1-3H3,(H,23,25). The Morgan fingerprint density at radius 2 is 1.71 bits per heavy atom. The van der Waals surface area contributed by atoms with Crippen LogP contribution in [0.2, 0.25) is 0 Å². The lowest BCUT2D eigenvalue weighted by molar-refractivity contribution is -0.147. The molecule has 0 unspecified atom stereocenters. The minimum Gasteiger partial charge on any atom is -0.494 e. The summed E-state index contributed by atoms with van der Waals surface area (Å²) in [6.07, 6.45) is 0.619. The maximum Gasteiger partial charge on any atom is 0.306 e. The fraction of sp³-hybridized carbons (Fsp3) is 0.318. The first-order valence-corrected chi connectivity index (χ1v) is 9.12. The summed E-state index contributed by atoms with van der Waals surface area (Å²) in [5, 5.41) is 2.74. The van der Waals surface area contributed by atoms with Gasteiger partial charge in [-0.15, -0.1) is 0 Å². The Kier molecular flexibility index (Phi) is 7.75. The molecule has 0 aliphatic heterocycles. The molecule has 0 fully saturated rings. The molecule has 0 saturated carbocycles. The third-order valence-corrected chi connectivity index (χ3v) is 4.30. The fourth-order valence-corrected chi connectivity index (χ4v) is 2.48. The van der Waals surface area contributed by atoms with Gasteiger partial charge in [0.25, 0.3) is 5.91 Å². The number of rotatable bonds is 9. The summed E-state index contributed by atoms with van der Waals surface area (Å²) in [6, 6.07) is 12.4. The molecule has 0 aromatic heterocycles. The van der Waals surface area contributed by atoms with Crippen LogP contribution in [0, 0.1) is 13.8 Å². The van der Waals surface area contributed by atoms with Crippen molar-refractivity contribution in [3.63, 3.8) is 0 Å². The number of carbonyl (C=O) groups is 3. The van der Waals surface area contributed by atoms with Crippen molar-refractivity contribution in [2.75, 3.05) is 18.5 Å². The first-order valence-electron chi connectivity index (χ1n) is 9.12. The molecule has 148 valence electrons. The number of ether oxygens (including phenoxy) is 2. The van der Waals surface area contributed by atoms with Crippen LogP contribution in [0.25, 0.3) is 0 Å². The van der Waals surface area contributed by atoms with E-state index in [0.29, 0.717) is 30.0 Å². The third-order valence-electron chi connectivity index (χ3n) is 4.30. The van der Waals surface area contributed by atoms with Crippen molar-refractivity contribution in [2.45, 2.75) is 33.6 Å². The largest absolute Gasteiger partial charge is 0.494 e. The molecule has 0 aliphatic carbocycles. The molecule has 0 heterocycles. The molecule has 0 saturated heterocycles. The van der Waals surface area contributed by atoms with Crippen LogP contribution < -0.4 is 10.1 Å². The van der Waals surface area contributed by atoms with Gasteiger partial charge in [-0.2, -0.15) is 0 Å². The molecule has 0 aliphatic rings. The Bertz CT molecular complexity index is 843. The van der Waals surface area contributed by atoms with Gasteiger partial charge in [0.2, 0.25) is 0 Å². The summed E-state index contributed by atoms with van der Waals surface area (Å²) in [4.78, 5) is 34.9. The molecule has 0 radical (unpaired) electrons. The molecule has 1 N–H and O–H groups in total. The van der Waals surface area contributed by atoms with E-state index in [0.717, 1.165) is 11.1 Å². The quantitative estimate of drug-likeness (QED) is 0.404. The second kappa shape index (κ2) is 10.3. The van der Waals surface area contributed by atoms with E-state index in [1.165, 1.54) is 6.92 Å². The summed E-state index contributed by atoms with van der Waals surface area (Å²) >= 11 is 0. The normalized spacial score (nSPS) is 10.2. The SMILES string of the molecule is CC(=O)c1ccc(OCCCC(=O)OCC(=O)Nc2cccc(C)c2C)cc1. The lowest BCUT2D eigenvalue weighted by atomic mass is 10.1. The zero-order chi connectivity index (χ0) is 20.5. The number of carbonyl (C=O) groups excluding carboxylic acids is 3. The van der Waals surface area contributed by atoms with Gasteiger partial charge in [0.1, 0.15) is 5.75 Å². The van der Waals surface area contributed by atoms with Crippen molar-refractivity contribution in [1.82, 2.24) is 0 Å². The second-order valence-electron chi connectivity index (χ2n) is 6.49. The molecular formula is C22H25NO5. The van der Waals surface area contributed by atoms with Crippen LogP contribution in [0.15, 0.2) is 42.5 Å². The summed E-state index contributed by atoms with van der Waals surface area (Å²) in [6.45, 7) is 5.40. The molecule has 2 aromatic rings. The number of aryl methyl sites for hydroxylation is 1.